The number of nitrogens with zero attached hydrogens (tertiary/aromatic N) is 1. The molecule has 3 aromatic rings. The highest BCUT2D eigenvalue weighted by atomic mass is 35.5. The number of anilines is 2. The zero-order valence-electron chi connectivity index (χ0n) is 15.0. The maximum absolute atomic E-state index is 12.6. The van der Waals surface area contributed by atoms with Gasteiger partial charge in [-0.2, -0.15) is 0 Å². The molecule has 0 aliphatic rings. The van der Waals surface area contributed by atoms with Gasteiger partial charge < -0.3 is 0 Å². The van der Waals surface area contributed by atoms with Gasteiger partial charge in [0.25, 0.3) is 25.7 Å². The first-order chi connectivity index (χ1) is 14.1. The fourth-order valence-electron chi connectivity index (χ4n) is 2.51. The largest absolute Gasteiger partial charge is 0.289 e. The maximum atomic E-state index is 12.6. The smallest absolute Gasteiger partial charge is 0.279 e. The van der Waals surface area contributed by atoms with Crippen molar-refractivity contribution in [2.75, 3.05) is 9.44 Å². The van der Waals surface area contributed by atoms with Crippen LogP contribution in [-0.4, -0.2) is 21.8 Å². The van der Waals surface area contributed by atoms with Crippen LogP contribution in [0.4, 0.5) is 17.1 Å². The molecule has 2 N–H and O–H groups in total. The van der Waals surface area contributed by atoms with Gasteiger partial charge in [-0.1, -0.05) is 41.9 Å². The third-order valence-corrected chi connectivity index (χ3v) is 6.99. The first-order valence-corrected chi connectivity index (χ1v) is 11.6. The zero-order valence-corrected chi connectivity index (χ0v) is 17.4. The summed E-state index contributed by atoms with van der Waals surface area (Å²) in [4.78, 5) is 9.81. The molecular formula is C18H14ClN3O6S2. The molecule has 0 aromatic heterocycles. The average Bonchev–Trinajstić information content (AvgIpc) is 2.70. The van der Waals surface area contributed by atoms with E-state index in [-0.39, 0.29) is 21.3 Å². The highest BCUT2D eigenvalue weighted by molar-refractivity contribution is 7.93. The van der Waals surface area contributed by atoms with Crippen LogP contribution >= 0.6 is 11.6 Å². The van der Waals surface area contributed by atoms with E-state index in [1.807, 2.05) is 0 Å². The molecule has 0 atom stereocenters. The van der Waals surface area contributed by atoms with Crippen molar-refractivity contribution in [2.24, 2.45) is 0 Å². The normalized spacial score (nSPS) is 11.6. The van der Waals surface area contributed by atoms with Gasteiger partial charge in [0.1, 0.15) is 0 Å². The number of halogens is 1. The van der Waals surface area contributed by atoms with Gasteiger partial charge in [-0.05, 0) is 36.4 Å². The molecule has 0 aliphatic heterocycles. The Morgan fingerprint density at radius 1 is 0.800 bits per heavy atom. The van der Waals surface area contributed by atoms with Gasteiger partial charge in [0, 0.05) is 6.07 Å². The lowest BCUT2D eigenvalue weighted by Crippen LogP contribution is -2.15. The Bertz CT molecular complexity index is 1310. The van der Waals surface area contributed by atoms with Crippen LogP contribution in [0, 0.1) is 10.1 Å². The standard InChI is InChI=1S/C18H14ClN3O6S2/c19-15-12-13(20-30(27,28)18-9-5-4-8-17(18)22(23)24)10-11-16(15)21-29(25,26)14-6-2-1-3-7-14/h1-12,20-21H. The molecule has 0 radical (unpaired) electrons. The molecule has 0 aliphatic carbocycles. The number of para-hydroxylation sites is 1. The van der Waals surface area contributed by atoms with Crippen LogP contribution < -0.4 is 9.44 Å². The van der Waals surface area contributed by atoms with Gasteiger partial charge in [-0.15, -0.1) is 0 Å². The molecule has 0 bridgehead atoms. The summed E-state index contributed by atoms with van der Waals surface area (Å²) < 4.78 is 54.5. The van der Waals surface area contributed by atoms with Gasteiger partial charge in [-0.3, -0.25) is 19.6 Å². The van der Waals surface area contributed by atoms with Crippen LogP contribution in [0.15, 0.2) is 82.6 Å². The van der Waals surface area contributed by atoms with Gasteiger partial charge in [0.2, 0.25) is 0 Å². The Labute approximate surface area is 177 Å². The molecule has 0 amide bonds. The maximum Gasteiger partial charge on any atom is 0.289 e. The highest BCUT2D eigenvalue weighted by Crippen LogP contribution is 2.30. The molecule has 30 heavy (non-hydrogen) atoms. The van der Waals surface area contributed by atoms with E-state index in [0.717, 1.165) is 12.1 Å². The van der Waals surface area contributed by atoms with E-state index in [1.165, 1.54) is 42.5 Å². The van der Waals surface area contributed by atoms with Crippen molar-refractivity contribution in [1.29, 1.82) is 0 Å². The Kier molecular flexibility index (Phi) is 5.97. The minimum Gasteiger partial charge on any atom is -0.279 e. The molecule has 3 rings (SSSR count). The predicted octanol–water partition coefficient (Wildman–Crippen LogP) is 3.85. The summed E-state index contributed by atoms with van der Waals surface area (Å²) in [5, 5.41) is 11.0. The summed E-state index contributed by atoms with van der Waals surface area (Å²) in [6.07, 6.45) is 0. The van der Waals surface area contributed by atoms with E-state index in [9.17, 15) is 26.9 Å². The van der Waals surface area contributed by atoms with Crippen LogP contribution in [-0.2, 0) is 20.0 Å². The summed E-state index contributed by atoms with van der Waals surface area (Å²) in [5.74, 6) is 0. The van der Waals surface area contributed by atoms with Crippen molar-refractivity contribution < 1.29 is 21.8 Å². The second kappa shape index (κ2) is 8.30. The van der Waals surface area contributed by atoms with Crippen molar-refractivity contribution in [1.82, 2.24) is 0 Å². The Morgan fingerprint density at radius 3 is 2.07 bits per heavy atom. The predicted molar refractivity (Wildman–Crippen MR) is 113 cm³/mol. The van der Waals surface area contributed by atoms with Crippen LogP contribution in [0.2, 0.25) is 5.02 Å². The fourth-order valence-corrected chi connectivity index (χ4v) is 5.12. The number of nitrogens with one attached hydrogen (secondary N) is 2. The number of benzene rings is 3. The lowest BCUT2D eigenvalue weighted by molar-refractivity contribution is -0.387. The van der Waals surface area contributed by atoms with Crippen molar-refractivity contribution in [3.63, 3.8) is 0 Å². The Hall–Kier alpha value is -3.15. The van der Waals surface area contributed by atoms with Crippen LogP contribution in [0.3, 0.4) is 0 Å². The van der Waals surface area contributed by atoms with Crippen LogP contribution in [0.25, 0.3) is 0 Å². The fraction of sp³-hybridized carbons (Fsp3) is 0. The molecule has 0 heterocycles. The third kappa shape index (κ3) is 4.70. The number of hydrogen-bond donors (Lipinski definition) is 2. The van der Waals surface area contributed by atoms with Crippen molar-refractivity contribution in [2.45, 2.75) is 9.79 Å². The van der Waals surface area contributed by atoms with E-state index in [2.05, 4.69) is 9.44 Å². The molecule has 0 spiro atoms. The number of rotatable bonds is 7. The summed E-state index contributed by atoms with van der Waals surface area (Å²) in [7, 11) is -8.18. The second-order valence-corrected chi connectivity index (χ2v) is 9.68. The van der Waals surface area contributed by atoms with Gasteiger partial charge >= 0.3 is 0 Å². The second-order valence-electron chi connectivity index (χ2n) is 5.94. The van der Waals surface area contributed by atoms with Crippen molar-refractivity contribution in [3.05, 3.63) is 87.9 Å². The first kappa shape index (κ1) is 21.6. The molecule has 156 valence electrons. The minimum atomic E-state index is -4.29. The van der Waals surface area contributed by atoms with Gasteiger partial charge in [0.15, 0.2) is 4.90 Å². The molecular weight excluding hydrogens is 454 g/mol. The molecule has 3 aromatic carbocycles. The summed E-state index contributed by atoms with van der Waals surface area (Å²) in [6, 6.07) is 16.2. The van der Waals surface area contributed by atoms with E-state index in [4.69, 9.17) is 11.6 Å². The average molecular weight is 468 g/mol. The lowest BCUT2D eigenvalue weighted by Gasteiger charge is -2.12. The van der Waals surface area contributed by atoms with E-state index < -0.39 is 35.6 Å². The summed E-state index contributed by atoms with van der Waals surface area (Å²) >= 11 is 6.11. The monoisotopic (exact) mass is 467 g/mol. The molecule has 0 fully saturated rings. The number of sulfonamides is 2. The first-order valence-electron chi connectivity index (χ1n) is 8.24. The molecule has 9 nitrogen and oxygen atoms in total. The summed E-state index contributed by atoms with van der Waals surface area (Å²) in [6.45, 7) is 0. The van der Waals surface area contributed by atoms with Crippen molar-refractivity contribution >= 4 is 48.7 Å². The van der Waals surface area contributed by atoms with E-state index in [1.54, 1.807) is 18.2 Å². The van der Waals surface area contributed by atoms with E-state index in [0.29, 0.717) is 0 Å². The molecule has 0 saturated heterocycles. The zero-order chi connectivity index (χ0) is 21.9. The topological polar surface area (TPSA) is 135 Å². The quantitative estimate of drug-likeness (QED) is 0.400. The third-order valence-electron chi connectivity index (χ3n) is 3.87. The van der Waals surface area contributed by atoms with Gasteiger partial charge in [0.05, 0.1) is 26.2 Å². The number of nitro benzene ring substituents is 1. The van der Waals surface area contributed by atoms with Gasteiger partial charge in [-0.25, -0.2) is 16.8 Å². The lowest BCUT2D eigenvalue weighted by atomic mass is 10.3. The highest BCUT2D eigenvalue weighted by Gasteiger charge is 2.25. The SMILES string of the molecule is O=[N+]([O-])c1ccccc1S(=O)(=O)Nc1ccc(NS(=O)(=O)c2ccccc2)c(Cl)c1. The molecule has 0 saturated carbocycles. The molecule has 12 heteroatoms. The minimum absolute atomic E-state index is 0.000750. The van der Waals surface area contributed by atoms with Crippen molar-refractivity contribution in [3.8, 4) is 0 Å². The number of nitro groups is 1. The van der Waals surface area contributed by atoms with Crippen LogP contribution in [0.5, 0.6) is 0 Å². The summed E-state index contributed by atoms with van der Waals surface area (Å²) in [5.41, 5.74) is -0.543. The number of hydrogen-bond acceptors (Lipinski definition) is 6. The Morgan fingerprint density at radius 2 is 1.43 bits per heavy atom. The van der Waals surface area contributed by atoms with Crippen LogP contribution in [0.1, 0.15) is 0 Å². The molecule has 0 unspecified atom stereocenters. The Balaban J connectivity index is 1.87. The van der Waals surface area contributed by atoms with E-state index >= 15 is 0 Å².